The quantitative estimate of drug-likeness (QED) is 0.735. The monoisotopic (exact) mass is 251 g/mol. The van der Waals surface area contributed by atoms with Gasteiger partial charge in [0.15, 0.2) is 0 Å². The van der Waals surface area contributed by atoms with Crippen molar-refractivity contribution in [3.05, 3.63) is 41.2 Å². The van der Waals surface area contributed by atoms with Gasteiger partial charge in [-0.2, -0.15) is 0 Å². The number of rotatable bonds is 2. The van der Waals surface area contributed by atoms with E-state index in [1.54, 1.807) is 5.57 Å². The summed E-state index contributed by atoms with van der Waals surface area (Å²) in [5, 5.41) is 0. The van der Waals surface area contributed by atoms with Gasteiger partial charge in [0.1, 0.15) is 0 Å². The topological polar surface area (TPSA) is 12.9 Å². The molecule has 2 heterocycles. The summed E-state index contributed by atoms with van der Waals surface area (Å²) in [5.74, 6) is 1.14. The smallest absolute Gasteiger partial charge is 0.0912 e. The van der Waals surface area contributed by atoms with E-state index in [-0.39, 0.29) is 4.08 Å². The number of pyridine rings is 1. The Balaban J connectivity index is 2.36. The van der Waals surface area contributed by atoms with Crippen molar-refractivity contribution in [3.8, 4) is 0 Å². The van der Waals surface area contributed by atoms with E-state index in [0.29, 0.717) is 0 Å². The molecule has 0 spiro atoms. The van der Waals surface area contributed by atoms with Crippen LogP contribution in [0.4, 0.5) is 0 Å². The van der Waals surface area contributed by atoms with E-state index in [1.807, 2.05) is 42.0 Å². The molecular formula is C13H17NS2. The predicted molar refractivity (Wildman–Crippen MR) is 74.9 cm³/mol. The minimum absolute atomic E-state index is 0.178. The van der Waals surface area contributed by atoms with Crippen molar-refractivity contribution in [3.63, 3.8) is 0 Å². The van der Waals surface area contributed by atoms with Crippen molar-refractivity contribution in [1.29, 1.82) is 0 Å². The Kier molecular flexibility index (Phi) is 3.65. The number of aromatic nitrogens is 1. The van der Waals surface area contributed by atoms with Crippen LogP contribution >= 0.6 is 23.5 Å². The summed E-state index contributed by atoms with van der Waals surface area (Å²) in [6, 6.07) is 4.23. The standard InChI is InChI=1S/C13H17NS2/c1-10-7-13(15-3,16-9-11(10)2)12-5-4-6-14-8-12/h4-6,8H,7,9H2,1-3H3. The van der Waals surface area contributed by atoms with Gasteiger partial charge in [0, 0.05) is 18.1 Å². The van der Waals surface area contributed by atoms with Crippen molar-refractivity contribution in [2.24, 2.45) is 0 Å². The molecular weight excluding hydrogens is 234 g/mol. The number of hydrogen-bond donors (Lipinski definition) is 0. The Morgan fingerprint density at radius 2 is 2.19 bits per heavy atom. The number of nitrogens with zero attached hydrogens (tertiary/aromatic N) is 1. The molecule has 1 aliphatic rings. The van der Waals surface area contributed by atoms with Crippen LogP contribution < -0.4 is 0 Å². The van der Waals surface area contributed by atoms with Crippen molar-refractivity contribution < 1.29 is 0 Å². The summed E-state index contributed by atoms with van der Waals surface area (Å²) in [7, 11) is 0. The molecule has 3 heteroatoms. The molecule has 1 unspecified atom stereocenters. The molecule has 0 saturated heterocycles. The normalized spacial score (nSPS) is 25.9. The summed E-state index contributed by atoms with van der Waals surface area (Å²) in [6.07, 6.45) is 7.20. The molecule has 0 amide bonds. The molecule has 2 rings (SSSR count). The molecule has 0 aliphatic carbocycles. The predicted octanol–water partition coefficient (Wildman–Crippen LogP) is 4.07. The first-order valence-electron chi connectivity index (χ1n) is 5.43. The van der Waals surface area contributed by atoms with E-state index in [9.17, 15) is 0 Å². The molecule has 0 saturated carbocycles. The van der Waals surface area contributed by atoms with Gasteiger partial charge in [-0.1, -0.05) is 17.2 Å². The lowest BCUT2D eigenvalue weighted by Gasteiger charge is -2.36. The lowest BCUT2D eigenvalue weighted by molar-refractivity contribution is 0.822. The van der Waals surface area contributed by atoms with Gasteiger partial charge in [-0.25, -0.2) is 0 Å². The van der Waals surface area contributed by atoms with Crippen LogP contribution in [0.1, 0.15) is 25.8 Å². The second kappa shape index (κ2) is 4.84. The van der Waals surface area contributed by atoms with Crippen molar-refractivity contribution in [2.45, 2.75) is 24.3 Å². The minimum atomic E-state index is 0.178. The van der Waals surface area contributed by atoms with E-state index in [4.69, 9.17) is 0 Å². The highest BCUT2D eigenvalue weighted by Gasteiger charge is 2.35. The van der Waals surface area contributed by atoms with Crippen LogP contribution in [0.25, 0.3) is 0 Å². The summed E-state index contributed by atoms with van der Waals surface area (Å²) in [5.41, 5.74) is 4.43. The van der Waals surface area contributed by atoms with Gasteiger partial charge in [0.2, 0.25) is 0 Å². The maximum atomic E-state index is 4.25. The van der Waals surface area contributed by atoms with Crippen LogP contribution in [0.15, 0.2) is 35.7 Å². The van der Waals surface area contributed by atoms with Gasteiger partial charge < -0.3 is 0 Å². The molecule has 0 N–H and O–H groups in total. The zero-order chi connectivity index (χ0) is 11.6. The Bertz CT molecular complexity index is 400. The molecule has 1 nitrogen and oxygen atoms in total. The summed E-state index contributed by atoms with van der Waals surface area (Å²) >= 11 is 3.98. The highest BCUT2D eigenvalue weighted by molar-refractivity contribution is 8.17. The van der Waals surface area contributed by atoms with Gasteiger partial charge >= 0.3 is 0 Å². The van der Waals surface area contributed by atoms with E-state index in [0.717, 1.165) is 12.2 Å². The average molecular weight is 251 g/mol. The average Bonchev–Trinajstić information content (AvgIpc) is 2.34. The Hall–Kier alpha value is -0.410. The highest BCUT2D eigenvalue weighted by Crippen LogP contribution is 2.53. The van der Waals surface area contributed by atoms with Crippen molar-refractivity contribution >= 4 is 23.5 Å². The molecule has 1 aromatic heterocycles. The lowest BCUT2D eigenvalue weighted by atomic mass is 10.0. The first kappa shape index (κ1) is 12.1. The molecule has 0 fully saturated rings. The number of thioether (sulfide) groups is 2. The highest BCUT2D eigenvalue weighted by atomic mass is 32.2. The molecule has 0 radical (unpaired) electrons. The Labute approximate surface area is 106 Å². The van der Waals surface area contributed by atoms with Gasteiger partial charge in [0.05, 0.1) is 4.08 Å². The minimum Gasteiger partial charge on any atom is -0.264 e. The van der Waals surface area contributed by atoms with Crippen molar-refractivity contribution in [1.82, 2.24) is 4.98 Å². The molecule has 1 aliphatic heterocycles. The first-order chi connectivity index (χ1) is 7.68. The van der Waals surface area contributed by atoms with Crippen LogP contribution in [0.2, 0.25) is 0 Å². The fourth-order valence-electron chi connectivity index (χ4n) is 1.92. The third kappa shape index (κ3) is 2.16. The van der Waals surface area contributed by atoms with Gasteiger partial charge in [0.25, 0.3) is 0 Å². The van der Waals surface area contributed by atoms with Gasteiger partial charge in [-0.3, -0.25) is 4.98 Å². The van der Waals surface area contributed by atoms with E-state index >= 15 is 0 Å². The van der Waals surface area contributed by atoms with Crippen molar-refractivity contribution in [2.75, 3.05) is 12.0 Å². The second-order valence-corrected chi connectivity index (χ2v) is 6.86. The molecule has 1 atom stereocenters. The molecule has 1 aromatic rings. The van der Waals surface area contributed by atoms with Gasteiger partial charge in [-0.05, 0) is 38.2 Å². The summed E-state index contributed by atoms with van der Waals surface area (Å²) in [4.78, 5) is 4.25. The summed E-state index contributed by atoms with van der Waals surface area (Å²) < 4.78 is 0.178. The number of allylic oxidation sites excluding steroid dienone is 1. The maximum Gasteiger partial charge on any atom is 0.0912 e. The van der Waals surface area contributed by atoms with E-state index in [1.165, 1.54) is 11.1 Å². The van der Waals surface area contributed by atoms with Crippen LogP contribution in [0.3, 0.4) is 0 Å². The molecule has 16 heavy (non-hydrogen) atoms. The van der Waals surface area contributed by atoms with Crippen LogP contribution in [0.5, 0.6) is 0 Å². The SMILES string of the molecule is CSC1(c2cccnc2)CC(C)=C(C)CS1. The first-order valence-corrected chi connectivity index (χ1v) is 7.64. The third-order valence-corrected chi connectivity index (χ3v) is 6.50. The zero-order valence-corrected chi connectivity index (χ0v) is 11.6. The lowest BCUT2D eigenvalue weighted by Crippen LogP contribution is -2.22. The third-order valence-electron chi connectivity index (χ3n) is 3.18. The fraction of sp³-hybridized carbons (Fsp3) is 0.462. The Morgan fingerprint density at radius 1 is 1.38 bits per heavy atom. The number of hydrogen-bond acceptors (Lipinski definition) is 3. The molecule has 86 valence electrons. The molecule has 0 aromatic carbocycles. The maximum absolute atomic E-state index is 4.25. The largest absolute Gasteiger partial charge is 0.264 e. The fourth-order valence-corrected chi connectivity index (χ4v) is 4.59. The Morgan fingerprint density at radius 3 is 2.75 bits per heavy atom. The van der Waals surface area contributed by atoms with E-state index in [2.05, 4.69) is 31.2 Å². The van der Waals surface area contributed by atoms with Crippen LogP contribution in [0, 0.1) is 0 Å². The molecule has 0 bridgehead atoms. The second-order valence-electron chi connectivity index (χ2n) is 4.22. The zero-order valence-electron chi connectivity index (χ0n) is 9.99. The van der Waals surface area contributed by atoms with Crippen LogP contribution in [-0.2, 0) is 4.08 Å². The van der Waals surface area contributed by atoms with Gasteiger partial charge in [-0.15, -0.1) is 23.5 Å². The summed E-state index contributed by atoms with van der Waals surface area (Å²) in [6.45, 7) is 4.51. The van der Waals surface area contributed by atoms with E-state index < -0.39 is 0 Å². The van der Waals surface area contributed by atoms with Crippen LogP contribution in [-0.4, -0.2) is 17.0 Å².